The molecule has 1 aromatic heterocycles. The highest BCUT2D eigenvalue weighted by Gasteiger charge is 2.47. The zero-order chi connectivity index (χ0) is 41.0. The maximum atomic E-state index is 10.1. The number of hydrogen-bond acceptors (Lipinski definition) is 2. The Morgan fingerprint density at radius 3 is 2.08 bits per heavy atom. The average molecular weight is 699 g/mol. The fraction of sp³-hybridized carbons (Fsp3) is 0.0196. The van der Waals surface area contributed by atoms with Gasteiger partial charge in [0.05, 0.1) is 15.0 Å². The molecule has 2 heteroatoms. The van der Waals surface area contributed by atoms with Gasteiger partial charge in [0.25, 0.3) is 0 Å². The van der Waals surface area contributed by atoms with Gasteiger partial charge in [-0.05, 0) is 109 Å². The predicted molar refractivity (Wildman–Crippen MR) is 226 cm³/mol. The van der Waals surface area contributed by atoms with Crippen molar-refractivity contribution in [2.45, 2.75) is 5.41 Å². The molecule has 9 aromatic carbocycles. The molecule has 0 amide bonds. The first-order valence-corrected chi connectivity index (χ1v) is 18.5. The summed E-state index contributed by atoms with van der Waals surface area (Å²) in [5, 5.41) is 4.09. The lowest BCUT2D eigenvalue weighted by Gasteiger charge is -2.35. The summed E-state index contributed by atoms with van der Waals surface area (Å²) in [6.45, 7) is 0. The van der Waals surface area contributed by atoms with Crippen LogP contribution in [-0.4, -0.2) is 0 Å². The number of hydrogen-bond donors (Lipinski definition) is 0. The van der Waals surface area contributed by atoms with Crippen LogP contribution in [0.2, 0.25) is 0 Å². The van der Waals surface area contributed by atoms with E-state index in [2.05, 4.69) is 95.9 Å². The van der Waals surface area contributed by atoms with Crippen LogP contribution in [0.4, 0.5) is 17.1 Å². The number of para-hydroxylation sites is 1. The van der Waals surface area contributed by atoms with Crippen LogP contribution >= 0.6 is 11.3 Å². The summed E-state index contributed by atoms with van der Waals surface area (Å²) in [4.78, 5) is 2.24. The molecule has 0 aliphatic heterocycles. The van der Waals surface area contributed by atoms with E-state index in [-0.39, 0.29) is 34.5 Å². The average Bonchev–Trinajstić information content (AvgIpc) is 3.80. The summed E-state index contributed by atoms with van der Waals surface area (Å²) in [6.07, 6.45) is 0. The maximum Gasteiger partial charge on any atom is 0.0720 e. The van der Waals surface area contributed by atoms with Gasteiger partial charge in [-0.1, -0.05) is 145 Å². The van der Waals surface area contributed by atoms with Crippen LogP contribution < -0.4 is 4.90 Å². The van der Waals surface area contributed by atoms with Crippen molar-refractivity contribution in [2.75, 3.05) is 4.90 Å². The summed E-state index contributed by atoms with van der Waals surface area (Å²) in [5.74, 6) is 0. The first-order chi connectivity index (χ1) is 29.2. The Balaban J connectivity index is 1.29. The zero-order valence-corrected chi connectivity index (χ0v) is 29.2. The molecule has 248 valence electrons. The van der Waals surface area contributed by atoms with Crippen LogP contribution in [0, 0.1) is 0 Å². The number of fused-ring (bicyclic) bond motifs is 8. The molecule has 0 saturated heterocycles. The number of rotatable bonds is 5. The van der Waals surface area contributed by atoms with Crippen LogP contribution in [0.3, 0.4) is 0 Å². The van der Waals surface area contributed by atoms with Crippen molar-refractivity contribution in [2.24, 2.45) is 0 Å². The molecule has 53 heavy (non-hydrogen) atoms. The normalized spacial score (nSPS) is 16.7. The van der Waals surface area contributed by atoms with E-state index >= 15 is 0 Å². The molecular weight excluding hydrogens is 659 g/mol. The molecule has 0 spiro atoms. The lowest BCUT2D eigenvalue weighted by Crippen LogP contribution is -2.29. The van der Waals surface area contributed by atoms with Crippen molar-refractivity contribution < 1.29 is 9.60 Å². The van der Waals surface area contributed by atoms with E-state index in [1.165, 1.54) is 0 Å². The smallest absolute Gasteiger partial charge is 0.0720 e. The largest absolute Gasteiger partial charge is 0.310 e. The molecule has 0 bridgehead atoms. The minimum Gasteiger partial charge on any atom is -0.310 e. The highest BCUT2D eigenvalue weighted by atomic mass is 32.1. The Hall–Kier alpha value is -6.48. The van der Waals surface area contributed by atoms with E-state index in [0.717, 1.165) is 75.8 Å². The van der Waals surface area contributed by atoms with Gasteiger partial charge in [0.2, 0.25) is 0 Å². The van der Waals surface area contributed by atoms with Crippen LogP contribution in [0.1, 0.15) is 31.8 Å². The minimum atomic E-state index is -1.34. The summed E-state index contributed by atoms with van der Waals surface area (Å²) < 4.78 is 66.6. The van der Waals surface area contributed by atoms with Gasteiger partial charge in [0.15, 0.2) is 0 Å². The zero-order valence-electron chi connectivity index (χ0n) is 35.4. The topological polar surface area (TPSA) is 3.24 Å². The lowest BCUT2D eigenvalue weighted by molar-refractivity contribution is 0.778. The Bertz CT molecular complexity index is 3430. The fourth-order valence-electron chi connectivity index (χ4n) is 8.50. The summed E-state index contributed by atoms with van der Waals surface area (Å²) in [6, 6.07) is 51.4. The summed E-state index contributed by atoms with van der Waals surface area (Å²) in [7, 11) is 0. The van der Waals surface area contributed by atoms with Crippen molar-refractivity contribution in [3.8, 4) is 11.1 Å². The SMILES string of the molecule is [2H]c1c([2H])c([2H])c2c([2H])c(C3(c4cccc5sc6ccccc6c45)c4ccccc4-c4cc(N(c5ccccc5)c5ccc6ccccc6c5)ccc43)c([2H])c([2H])c2c1[2H]. The summed E-state index contributed by atoms with van der Waals surface area (Å²) >= 11 is 1.68. The molecule has 0 saturated carbocycles. The predicted octanol–water partition coefficient (Wildman–Crippen LogP) is 14.2. The van der Waals surface area contributed by atoms with Crippen molar-refractivity contribution in [3.05, 3.63) is 222 Å². The quantitative estimate of drug-likeness (QED) is 0.173. The van der Waals surface area contributed by atoms with Crippen molar-refractivity contribution in [3.63, 3.8) is 0 Å². The molecule has 1 aliphatic rings. The standard InChI is InChI=1S/C51H33NS/c1-2-17-39(18-3-1)52(40-28-26-35-14-5-7-16-37(35)32-40)41-29-30-46-44(33-41)42-19-8-10-21-45(42)51(46,38-27-25-34-13-4-6-15-36(34)31-38)47-22-12-24-49-50(47)43-20-9-11-23-48(43)53-49/h1-33H/i4D,6D,13D,15D,25D,27D,31D. The second-order valence-electron chi connectivity index (χ2n) is 13.5. The molecule has 10 aromatic rings. The first kappa shape index (κ1) is 23.9. The lowest BCUT2D eigenvalue weighted by atomic mass is 9.66. The van der Waals surface area contributed by atoms with Crippen LogP contribution in [0.5, 0.6) is 0 Å². The number of benzene rings is 9. The number of anilines is 3. The minimum absolute atomic E-state index is 0.0622. The van der Waals surface area contributed by atoms with Gasteiger partial charge in [0, 0.05) is 37.2 Å². The monoisotopic (exact) mass is 698 g/mol. The molecule has 1 nitrogen and oxygen atoms in total. The van der Waals surface area contributed by atoms with Crippen molar-refractivity contribution in [1.82, 2.24) is 0 Å². The molecule has 0 radical (unpaired) electrons. The van der Waals surface area contributed by atoms with E-state index in [4.69, 9.17) is 5.48 Å². The fourth-order valence-corrected chi connectivity index (χ4v) is 9.63. The molecule has 1 heterocycles. The molecule has 11 rings (SSSR count). The van der Waals surface area contributed by atoms with Crippen LogP contribution in [-0.2, 0) is 5.41 Å². The third-order valence-electron chi connectivity index (χ3n) is 10.7. The molecule has 1 aliphatic carbocycles. The molecule has 1 atom stereocenters. The van der Waals surface area contributed by atoms with Gasteiger partial charge in [-0.15, -0.1) is 11.3 Å². The molecule has 1 unspecified atom stereocenters. The van der Waals surface area contributed by atoms with Gasteiger partial charge in [-0.2, -0.15) is 0 Å². The second-order valence-corrected chi connectivity index (χ2v) is 14.6. The van der Waals surface area contributed by atoms with E-state index in [9.17, 15) is 4.11 Å². The Morgan fingerprint density at radius 2 is 1.15 bits per heavy atom. The van der Waals surface area contributed by atoms with Gasteiger partial charge < -0.3 is 4.90 Å². The van der Waals surface area contributed by atoms with E-state index in [1.54, 1.807) is 11.3 Å². The third kappa shape index (κ3) is 4.49. The number of nitrogens with zero attached hydrogens (tertiary/aromatic N) is 1. The van der Waals surface area contributed by atoms with Crippen LogP contribution in [0.15, 0.2) is 200 Å². The van der Waals surface area contributed by atoms with Crippen LogP contribution in [0.25, 0.3) is 52.8 Å². The Labute approximate surface area is 322 Å². The Morgan fingerprint density at radius 1 is 0.453 bits per heavy atom. The molecular formula is C51H33NS. The first-order valence-electron chi connectivity index (χ1n) is 21.2. The van der Waals surface area contributed by atoms with Crippen molar-refractivity contribution >= 4 is 70.1 Å². The highest BCUT2D eigenvalue weighted by molar-refractivity contribution is 7.25. The summed E-state index contributed by atoms with van der Waals surface area (Å²) in [5.41, 5.74) is 6.05. The second kappa shape index (κ2) is 11.8. The van der Waals surface area contributed by atoms with Gasteiger partial charge in [0.1, 0.15) is 0 Å². The highest BCUT2D eigenvalue weighted by Crippen LogP contribution is 2.59. The van der Waals surface area contributed by atoms with Gasteiger partial charge in [-0.25, -0.2) is 0 Å². The van der Waals surface area contributed by atoms with Gasteiger partial charge >= 0.3 is 0 Å². The van der Waals surface area contributed by atoms with E-state index < -0.39 is 29.6 Å². The van der Waals surface area contributed by atoms with E-state index in [1.807, 2.05) is 66.7 Å². The van der Waals surface area contributed by atoms with Crippen molar-refractivity contribution in [1.29, 1.82) is 0 Å². The van der Waals surface area contributed by atoms with Gasteiger partial charge in [-0.3, -0.25) is 0 Å². The molecule has 0 N–H and O–H groups in total. The third-order valence-corrected chi connectivity index (χ3v) is 11.9. The number of thiophene rings is 1. The molecule has 0 fully saturated rings. The Kier molecular flexibility index (Phi) is 5.31. The van der Waals surface area contributed by atoms with E-state index in [0.29, 0.717) is 0 Å². The maximum absolute atomic E-state index is 10.1.